The van der Waals surface area contributed by atoms with Crippen LogP contribution in [0.15, 0.2) is 46.4 Å². The zero-order valence-electron chi connectivity index (χ0n) is 20.3. The van der Waals surface area contributed by atoms with Crippen LogP contribution in [0.4, 0.5) is 0 Å². The monoisotopic (exact) mass is 435 g/mol. The second-order valence-electron chi connectivity index (χ2n) is 8.85. The number of methoxy groups -OCH3 is 1. The number of hydrogen-bond acceptors (Lipinski definition) is 5. The third kappa shape index (κ3) is 3.01. The molecule has 158 valence electrons. The molecule has 0 saturated heterocycles. The molecule has 5 nitrogen and oxygen atoms in total. The van der Waals surface area contributed by atoms with E-state index < -0.39 is 12.7 Å². The predicted octanol–water partition coefficient (Wildman–Crippen LogP) is 4.99. The van der Waals surface area contributed by atoms with Crippen LogP contribution in [-0.4, -0.2) is 24.7 Å². The average Bonchev–Trinajstić information content (AvgIpc) is 3.21. The van der Waals surface area contributed by atoms with Gasteiger partial charge in [-0.15, -0.1) is 0 Å². The second kappa shape index (κ2) is 7.19. The Labute approximate surface area is 191 Å². The van der Waals surface area contributed by atoms with Crippen LogP contribution in [0, 0.1) is 16.7 Å². The van der Waals surface area contributed by atoms with Crippen LogP contribution in [0.2, 0.25) is 5.02 Å². The summed E-state index contributed by atoms with van der Waals surface area (Å²) in [6, 6.07) is 13.7. The third-order valence-corrected chi connectivity index (χ3v) is 7.37. The first kappa shape index (κ1) is 16.9. The van der Waals surface area contributed by atoms with Crippen LogP contribution in [0.25, 0.3) is 11.1 Å². The third-order valence-electron chi connectivity index (χ3n) is 7.15. The standard InChI is InChI=1S/C25H25ClN4O/c1-15-23(28)30-25(29-15)22-12-17(19-9-16(14-27)10-20(26)11-19)3-4-18(22)13-24(25)7-5-21(31-2)6-8-24/h3-4,9-12,21H,5-8,13H2,1-2H3,(H2,28,30)/i2D3. The fourth-order valence-corrected chi connectivity index (χ4v) is 5.79. The molecule has 2 aromatic carbocycles. The molecule has 1 fully saturated rings. The molecule has 2 aromatic rings. The molecule has 5 rings (SSSR count). The first-order valence-corrected chi connectivity index (χ1v) is 10.9. The number of ether oxygens (including phenoxy) is 1. The lowest BCUT2D eigenvalue weighted by atomic mass is 9.65. The highest BCUT2D eigenvalue weighted by atomic mass is 35.5. The zero-order valence-corrected chi connectivity index (χ0v) is 18.0. The van der Waals surface area contributed by atoms with E-state index in [-0.39, 0.29) is 11.5 Å². The smallest absolute Gasteiger partial charge is 0.184 e. The van der Waals surface area contributed by atoms with Gasteiger partial charge >= 0.3 is 0 Å². The molecule has 2 N–H and O–H groups in total. The Morgan fingerprint density at radius 2 is 2.00 bits per heavy atom. The van der Waals surface area contributed by atoms with Gasteiger partial charge in [0.1, 0.15) is 5.84 Å². The molecule has 1 aliphatic heterocycles. The molecular weight excluding hydrogens is 408 g/mol. The van der Waals surface area contributed by atoms with Crippen molar-refractivity contribution in [2.75, 3.05) is 7.04 Å². The molecule has 1 atom stereocenters. The van der Waals surface area contributed by atoms with Crippen molar-refractivity contribution >= 4 is 23.1 Å². The second-order valence-corrected chi connectivity index (χ2v) is 9.29. The van der Waals surface area contributed by atoms with Gasteiger partial charge in [-0.05, 0) is 80.0 Å². The van der Waals surface area contributed by atoms with Gasteiger partial charge in [0.2, 0.25) is 0 Å². The number of amidine groups is 1. The van der Waals surface area contributed by atoms with Crippen LogP contribution >= 0.6 is 11.6 Å². The summed E-state index contributed by atoms with van der Waals surface area (Å²) in [5, 5.41) is 9.87. The van der Waals surface area contributed by atoms with Gasteiger partial charge in [0, 0.05) is 23.0 Å². The Balaban J connectivity index is 1.57. The number of nitrogens with zero attached hydrogens (tertiary/aromatic N) is 3. The van der Waals surface area contributed by atoms with Crippen LogP contribution < -0.4 is 5.73 Å². The SMILES string of the molecule is [2H]C([2H])([2H])OC1CCC2(CC1)Cc1ccc(-c3cc(Cl)cc(C#N)c3)cc1C21N=C(C)C(N)=N1. The summed E-state index contributed by atoms with van der Waals surface area (Å²) in [7, 11) is -2.40. The maximum atomic E-state index is 9.37. The molecule has 0 amide bonds. The lowest BCUT2D eigenvalue weighted by molar-refractivity contribution is -0.000372. The van der Waals surface area contributed by atoms with Crippen molar-refractivity contribution in [3.63, 3.8) is 0 Å². The average molecular weight is 436 g/mol. The molecule has 3 aliphatic rings. The first-order valence-electron chi connectivity index (χ1n) is 12.0. The van der Waals surface area contributed by atoms with Crippen molar-refractivity contribution in [2.24, 2.45) is 21.1 Å². The maximum Gasteiger partial charge on any atom is 0.184 e. The summed E-state index contributed by atoms with van der Waals surface area (Å²) in [5.74, 6) is 0.438. The Bertz CT molecular complexity index is 1250. The van der Waals surface area contributed by atoms with E-state index in [4.69, 9.17) is 36.2 Å². The van der Waals surface area contributed by atoms with E-state index in [0.29, 0.717) is 35.0 Å². The normalized spacial score (nSPS) is 30.9. The van der Waals surface area contributed by atoms with Crippen LogP contribution in [-0.2, 0) is 16.8 Å². The number of nitriles is 1. The minimum Gasteiger partial charge on any atom is -0.382 e. The zero-order chi connectivity index (χ0) is 24.3. The van der Waals surface area contributed by atoms with E-state index in [0.717, 1.165) is 41.5 Å². The summed E-state index contributed by atoms with van der Waals surface area (Å²) < 4.78 is 27.7. The molecule has 1 heterocycles. The van der Waals surface area contributed by atoms with Gasteiger partial charge in [0.05, 0.1) is 27.6 Å². The van der Waals surface area contributed by atoms with E-state index in [2.05, 4.69) is 18.2 Å². The van der Waals surface area contributed by atoms with Crippen molar-refractivity contribution in [3.05, 3.63) is 58.1 Å². The summed E-state index contributed by atoms with van der Waals surface area (Å²) >= 11 is 6.27. The van der Waals surface area contributed by atoms with Gasteiger partial charge in [0.25, 0.3) is 0 Å². The van der Waals surface area contributed by atoms with Crippen LogP contribution in [0.3, 0.4) is 0 Å². The van der Waals surface area contributed by atoms with Crippen molar-refractivity contribution < 1.29 is 8.85 Å². The van der Waals surface area contributed by atoms with Gasteiger partial charge < -0.3 is 10.5 Å². The number of benzene rings is 2. The van der Waals surface area contributed by atoms with E-state index in [1.54, 1.807) is 6.07 Å². The molecule has 1 saturated carbocycles. The van der Waals surface area contributed by atoms with Crippen molar-refractivity contribution in [3.8, 4) is 17.2 Å². The molecule has 6 heteroatoms. The number of fused-ring (bicyclic) bond motifs is 3. The highest BCUT2D eigenvalue weighted by molar-refractivity contribution is 6.41. The van der Waals surface area contributed by atoms with Gasteiger partial charge in [-0.1, -0.05) is 23.7 Å². The number of nitrogens with two attached hydrogens (primary N) is 1. The van der Waals surface area contributed by atoms with Crippen molar-refractivity contribution in [2.45, 2.75) is 50.8 Å². The van der Waals surface area contributed by atoms with Gasteiger partial charge in [-0.25, -0.2) is 4.99 Å². The summed E-state index contributed by atoms with van der Waals surface area (Å²) in [4.78, 5) is 10.0. The molecular formula is C25H25ClN4O. The highest BCUT2D eigenvalue weighted by Gasteiger charge is 2.60. The molecule has 2 spiro atoms. The Morgan fingerprint density at radius 1 is 1.19 bits per heavy atom. The van der Waals surface area contributed by atoms with Gasteiger partial charge in [0.15, 0.2) is 5.66 Å². The fraction of sp³-hybridized carbons (Fsp3) is 0.400. The van der Waals surface area contributed by atoms with Crippen molar-refractivity contribution in [1.29, 1.82) is 5.26 Å². The van der Waals surface area contributed by atoms with E-state index in [1.807, 2.05) is 25.1 Å². The summed E-state index contributed by atoms with van der Waals surface area (Å²) in [6.07, 6.45) is 3.21. The number of hydrogen-bond donors (Lipinski definition) is 1. The van der Waals surface area contributed by atoms with Crippen LogP contribution in [0.1, 0.15) is 53.4 Å². The van der Waals surface area contributed by atoms with E-state index in [1.165, 1.54) is 0 Å². The Morgan fingerprint density at radius 3 is 2.68 bits per heavy atom. The number of halogens is 1. The minimum atomic E-state index is -2.40. The predicted molar refractivity (Wildman–Crippen MR) is 123 cm³/mol. The number of rotatable bonds is 2. The van der Waals surface area contributed by atoms with Crippen molar-refractivity contribution in [1.82, 2.24) is 0 Å². The molecule has 0 radical (unpaired) electrons. The lowest BCUT2D eigenvalue weighted by Crippen LogP contribution is -2.43. The lowest BCUT2D eigenvalue weighted by Gasteiger charge is -2.44. The molecule has 31 heavy (non-hydrogen) atoms. The minimum absolute atomic E-state index is 0.295. The van der Waals surface area contributed by atoms with E-state index in [9.17, 15) is 5.26 Å². The Hall–Kier alpha value is -2.68. The molecule has 1 unspecified atom stereocenters. The fourth-order valence-electron chi connectivity index (χ4n) is 5.55. The highest BCUT2D eigenvalue weighted by Crippen LogP contribution is 2.62. The quantitative estimate of drug-likeness (QED) is 0.720. The maximum absolute atomic E-state index is 9.37. The van der Waals surface area contributed by atoms with Crippen LogP contribution in [0.5, 0.6) is 0 Å². The van der Waals surface area contributed by atoms with E-state index >= 15 is 0 Å². The molecule has 0 bridgehead atoms. The molecule has 2 aliphatic carbocycles. The topological polar surface area (TPSA) is 83.8 Å². The number of aliphatic imine (C=N–C) groups is 2. The Kier molecular flexibility index (Phi) is 3.93. The molecule has 0 aromatic heterocycles. The first-order chi connectivity index (χ1) is 16.0. The van der Waals surface area contributed by atoms with Gasteiger partial charge in [-0.2, -0.15) is 5.26 Å². The van der Waals surface area contributed by atoms with Gasteiger partial charge in [-0.3, -0.25) is 4.99 Å². The largest absolute Gasteiger partial charge is 0.382 e. The summed E-state index contributed by atoms with van der Waals surface area (Å²) in [6.45, 7) is 1.88. The summed E-state index contributed by atoms with van der Waals surface area (Å²) in [5.41, 5.74) is 10.3.